The van der Waals surface area contributed by atoms with Gasteiger partial charge in [0.05, 0.1) is 6.07 Å². The van der Waals surface area contributed by atoms with Gasteiger partial charge >= 0.3 is 6.09 Å². The predicted molar refractivity (Wildman–Crippen MR) is 108 cm³/mol. The molecule has 0 saturated carbocycles. The molecule has 8 heteroatoms. The van der Waals surface area contributed by atoms with Gasteiger partial charge in [-0.25, -0.2) is 4.79 Å². The van der Waals surface area contributed by atoms with Gasteiger partial charge in [-0.2, -0.15) is 14.0 Å². The van der Waals surface area contributed by atoms with E-state index < -0.39 is 35.9 Å². The molecule has 0 spiro atoms. The smallest absolute Gasteiger partial charge is 0.407 e. The van der Waals surface area contributed by atoms with Gasteiger partial charge in [0.25, 0.3) is 5.92 Å². The molecule has 0 aliphatic heterocycles. The molecule has 0 saturated heterocycles. The highest BCUT2D eigenvalue weighted by Gasteiger charge is 2.57. The van der Waals surface area contributed by atoms with Crippen molar-refractivity contribution in [1.29, 1.82) is 5.26 Å². The number of nitriles is 1. The first-order valence-corrected chi connectivity index (χ1v) is 9.31. The number of carbonyl (C=O) groups is 1. The fourth-order valence-corrected chi connectivity index (χ4v) is 3.10. The predicted octanol–water partition coefficient (Wildman–Crippen LogP) is 4.60. The molecule has 1 amide bonds. The number of nitrogens with one attached hydrogen (secondary N) is 1. The normalized spacial score (nSPS) is 20.4. The minimum Gasteiger partial charge on any atom is -0.444 e. The average molecular weight is 420 g/mol. The van der Waals surface area contributed by atoms with Gasteiger partial charge in [-0.05, 0) is 32.4 Å². The Balaban J connectivity index is 2.34. The number of halogens is 2. The van der Waals surface area contributed by atoms with Gasteiger partial charge < -0.3 is 19.5 Å². The minimum atomic E-state index is -3.58. The Morgan fingerprint density at radius 3 is 2.50 bits per heavy atom. The van der Waals surface area contributed by atoms with Crippen molar-refractivity contribution in [3.63, 3.8) is 0 Å². The van der Waals surface area contributed by atoms with Gasteiger partial charge in [0, 0.05) is 31.9 Å². The van der Waals surface area contributed by atoms with Crippen LogP contribution in [0.25, 0.3) is 5.57 Å². The molecule has 30 heavy (non-hydrogen) atoms. The highest BCUT2D eigenvalue weighted by Crippen LogP contribution is 2.49. The van der Waals surface area contributed by atoms with Crippen molar-refractivity contribution in [2.45, 2.75) is 38.6 Å². The van der Waals surface area contributed by atoms with Crippen LogP contribution < -0.4 is 5.32 Å². The summed E-state index contributed by atoms with van der Waals surface area (Å²) in [6.07, 6.45) is 2.17. The van der Waals surface area contributed by atoms with Gasteiger partial charge in [-0.1, -0.05) is 36.4 Å². The van der Waals surface area contributed by atoms with Crippen molar-refractivity contribution in [3.05, 3.63) is 53.6 Å². The number of benzene rings is 1. The van der Waals surface area contributed by atoms with E-state index in [-0.39, 0.29) is 11.1 Å². The first kappa shape index (κ1) is 23.5. The van der Waals surface area contributed by atoms with Crippen molar-refractivity contribution < 1.29 is 27.8 Å². The lowest BCUT2D eigenvalue weighted by atomic mass is 9.73. The lowest BCUT2D eigenvalue weighted by molar-refractivity contribution is -0.106. The monoisotopic (exact) mass is 420 g/mol. The van der Waals surface area contributed by atoms with Crippen molar-refractivity contribution in [2.75, 3.05) is 20.8 Å². The maximum Gasteiger partial charge on any atom is 0.407 e. The number of alkyl carbamates (subject to hydrolysis) is 1. The maximum absolute atomic E-state index is 15.6. The second kappa shape index (κ2) is 8.94. The Labute approximate surface area is 175 Å². The fraction of sp³-hybridized carbons (Fsp3) is 0.455. The summed E-state index contributed by atoms with van der Waals surface area (Å²) in [5, 5.41) is 12.0. The molecule has 1 aliphatic carbocycles. The molecule has 6 nitrogen and oxygen atoms in total. The number of allylic oxidation sites excluding steroid dienone is 3. The molecule has 0 radical (unpaired) electrons. The number of rotatable bonds is 6. The van der Waals surface area contributed by atoms with Crippen molar-refractivity contribution >= 4 is 11.7 Å². The summed E-state index contributed by atoms with van der Waals surface area (Å²) in [5.74, 6) is -3.58. The number of carbonyl (C=O) groups excluding carboxylic acids is 1. The summed E-state index contributed by atoms with van der Waals surface area (Å²) in [4.78, 5) is 12.0. The Morgan fingerprint density at radius 1 is 1.27 bits per heavy atom. The molecule has 0 heterocycles. The second-order valence-corrected chi connectivity index (χ2v) is 7.88. The molecule has 1 aliphatic rings. The number of hydrogen-bond acceptors (Lipinski definition) is 5. The molecule has 0 bridgehead atoms. The third-order valence-electron chi connectivity index (χ3n) is 4.55. The zero-order valence-corrected chi connectivity index (χ0v) is 17.7. The third kappa shape index (κ3) is 4.86. The van der Waals surface area contributed by atoms with Crippen LogP contribution in [0.3, 0.4) is 0 Å². The Morgan fingerprint density at radius 2 is 1.93 bits per heavy atom. The third-order valence-corrected chi connectivity index (χ3v) is 4.55. The van der Waals surface area contributed by atoms with E-state index in [4.69, 9.17) is 14.2 Å². The van der Waals surface area contributed by atoms with E-state index in [9.17, 15) is 10.1 Å². The maximum atomic E-state index is 15.6. The fourth-order valence-electron chi connectivity index (χ4n) is 3.10. The first-order valence-electron chi connectivity index (χ1n) is 9.31. The van der Waals surface area contributed by atoms with Crippen LogP contribution in [-0.2, 0) is 14.2 Å². The van der Waals surface area contributed by atoms with Crippen molar-refractivity contribution in [1.82, 2.24) is 5.32 Å². The van der Waals surface area contributed by atoms with Crippen LogP contribution in [0, 0.1) is 16.7 Å². The van der Waals surface area contributed by atoms with Gasteiger partial charge in [0.1, 0.15) is 5.60 Å². The first-order chi connectivity index (χ1) is 14.0. The van der Waals surface area contributed by atoms with Crippen LogP contribution in [0.4, 0.5) is 13.6 Å². The topological polar surface area (TPSA) is 80.6 Å². The molecule has 162 valence electrons. The molecular weight excluding hydrogens is 394 g/mol. The van der Waals surface area contributed by atoms with Gasteiger partial charge in [0.15, 0.2) is 11.7 Å². The number of methoxy groups -OCH3 is 2. The highest BCUT2D eigenvalue weighted by molar-refractivity contribution is 5.77. The Kier molecular flexibility index (Phi) is 7.01. The Bertz CT molecular complexity index is 880. The van der Waals surface area contributed by atoms with E-state index in [2.05, 4.69) is 5.32 Å². The average Bonchev–Trinajstić information content (AvgIpc) is 2.67. The zero-order valence-electron chi connectivity index (χ0n) is 17.7. The van der Waals surface area contributed by atoms with E-state index >= 15 is 8.78 Å². The van der Waals surface area contributed by atoms with E-state index in [1.807, 2.05) is 0 Å². The lowest BCUT2D eigenvalue weighted by Gasteiger charge is -2.36. The van der Waals surface area contributed by atoms with Crippen molar-refractivity contribution in [2.24, 2.45) is 5.41 Å². The standard InChI is InChI=1S/C22H26F2N2O4/c1-20(2,3)30-19(27)26-14-21(13-25)11-7-10-17(22(21,23)24)15-8-6-9-16(12-15)18(28-4)29-5/h6-12,18H,14H2,1-5H3,(H,26,27). The van der Waals surface area contributed by atoms with Crippen LogP contribution in [0.1, 0.15) is 38.2 Å². The quantitative estimate of drug-likeness (QED) is 0.680. The van der Waals surface area contributed by atoms with Gasteiger partial charge in [0.2, 0.25) is 0 Å². The summed E-state index contributed by atoms with van der Waals surface area (Å²) in [7, 11) is 2.89. The molecule has 0 fully saturated rings. The minimum absolute atomic E-state index is 0.220. The number of nitrogens with zero attached hydrogens (tertiary/aromatic N) is 1. The second-order valence-electron chi connectivity index (χ2n) is 7.88. The number of hydrogen-bond donors (Lipinski definition) is 1. The van der Waals surface area contributed by atoms with Crippen LogP contribution in [-0.4, -0.2) is 38.4 Å². The van der Waals surface area contributed by atoms with E-state index in [0.717, 1.165) is 6.08 Å². The molecule has 0 aromatic heterocycles. The van der Waals surface area contributed by atoms with Gasteiger partial charge in [-0.15, -0.1) is 0 Å². The van der Waals surface area contributed by atoms with E-state index in [1.165, 1.54) is 38.5 Å². The number of alkyl halides is 2. The summed E-state index contributed by atoms with van der Waals surface area (Å²) < 4.78 is 46.6. The molecule has 2 rings (SSSR count). The summed E-state index contributed by atoms with van der Waals surface area (Å²) >= 11 is 0. The highest BCUT2D eigenvalue weighted by atomic mass is 19.3. The summed E-state index contributed by atoms with van der Waals surface area (Å²) in [5.41, 5.74) is -2.63. The van der Waals surface area contributed by atoms with Crippen LogP contribution in [0.5, 0.6) is 0 Å². The molecule has 1 aromatic rings. The van der Waals surface area contributed by atoms with Crippen LogP contribution >= 0.6 is 0 Å². The molecule has 1 unspecified atom stereocenters. The van der Waals surface area contributed by atoms with E-state index in [1.54, 1.807) is 39.0 Å². The number of ether oxygens (including phenoxy) is 3. The molecule has 1 atom stereocenters. The SMILES string of the molecule is COC(OC)c1cccc(C2=CC=CC(C#N)(CNC(=O)OC(C)(C)C)C2(F)F)c1. The number of amides is 1. The lowest BCUT2D eigenvalue weighted by Crippen LogP contribution is -2.49. The molecule has 1 aromatic carbocycles. The summed E-state index contributed by atoms with van der Waals surface area (Å²) in [6.45, 7) is 4.35. The van der Waals surface area contributed by atoms with Crippen LogP contribution in [0.15, 0.2) is 42.5 Å². The van der Waals surface area contributed by atoms with Gasteiger partial charge in [-0.3, -0.25) is 0 Å². The molecular formula is C22H26F2N2O4. The van der Waals surface area contributed by atoms with E-state index in [0.29, 0.717) is 5.56 Å². The van der Waals surface area contributed by atoms with Crippen molar-refractivity contribution in [3.8, 4) is 6.07 Å². The molecule has 1 N–H and O–H groups in total. The zero-order chi connectivity index (χ0) is 22.6. The van der Waals surface area contributed by atoms with Crippen LogP contribution in [0.2, 0.25) is 0 Å². The largest absolute Gasteiger partial charge is 0.444 e. The summed E-state index contributed by atoms with van der Waals surface area (Å²) in [6, 6.07) is 8.04. The Hall–Kier alpha value is -2.76.